The number of fused-ring (bicyclic) bond motifs is 1. The number of hydrogen-bond donors (Lipinski definition) is 0. The fourth-order valence-electron chi connectivity index (χ4n) is 3.75. The largest absolute Gasteiger partial charge is 0.339 e. The molecule has 0 saturated carbocycles. The van der Waals surface area contributed by atoms with Crippen LogP contribution in [-0.4, -0.2) is 61.9 Å². The molecule has 2 amide bonds. The third kappa shape index (κ3) is 4.22. The molecule has 1 atom stereocenters. The molecule has 8 heteroatoms. The number of imidazole rings is 1. The molecule has 2 aromatic heterocycles. The van der Waals surface area contributed by atoms with E-state index in [0.29, 0.717) is 26.1 Å². The van der Waals surface area contributed by atoms with E-state index in [1.54, 1.807) is 4.52 Å². The van der Waals surface area contributed by atoms with Crippen molar-refractivity contribution in [2.24, 2.45) is 0 Å². The third-order valence-electron chi connectivity index (χ3n) is 5.13. The molecular weight excluding hydrogens is 386 g/mol. The summed E-state index contributed by atoms with van der Waals surface area (Å²) in [6.07, 6.45) is 4.11. The summed E-state index contributed by atoms with van der Waals surface area (Å²) < 4.78 is 1.72. The molecule has 1 aliphatic heterocycles. The number of carbonyl (C=O) groups excluding carboxylic acids is 2. The first-order valence-electron chi connectivity index (χ1n) is 9.60. The van der Waals surface area contributed by atoms with E-state index in [4.69, 9.17) is 0 Å². The van der Waals surface area contributed by atoms with Gasteiger partial charge in [0, 0.05) is 19.6 Å². The lowest BCUT2D eigenvalue weighted by atomic mass is 10.0. The normalized spacial score (nSPS) is 16.9. The zero-order valence-electron chi connectivity index (χ0n) is 16.3. The Labute approximate surface area is 173 Å². The zero-order valence-corrected chi connectivity index (χ0v) is 17.1. The quantitative estimate of drug-likeness (QED) is 0.605. The lowest BCUT2D eigenvalue weighted by Gasteiger charge is -2.41. The Hall–Kier alpha value is -3.00. The van der Waals surface area contributed by atoms with Crippen molar-refractivity contribution in [3.8, 4) is 0 Å². The third-order valence-corrected chi connectivity index (χ3v) is 5.97. The number of benzene rings is 1. The fraction of sp³-hybridized carbons (Fsp3) is 0.333. The van der Waals surface area contributed by atoms with Gasteiger partial charge in [-0.05, 0) is 25.0 Å². The minimum Gasteiger partial charge on any atom is -0.339 e. The summed E-state index contributed by atoms with van der Waals surface area (Å²) in [4.78, 5) is 34.2. The number of aromatic nitrogens is 3. The van der Waals surface area contributed by atoms with Crippen LogP contribution in [0.1, 0.15) is 16.3 Å². The van der Waals surface area contributed by atoms with Gasteiger partial charge < -0.3 is 9.80 Å². The second kappa shape index (κ2) is 8.16. The van der Waals surface area contributed by atoms with Crippen molar-refractivity contribution in [2.45, 2.75) is 25.8 Å². The van der Waals surface area contributed by atoms with E-state index >= 15 is 0 Å². The fourth-order valence-corrected chi connectivity index (χ4v) is 4.49. The molecule has 1 fully saturated rings. The van der Waals surface area contributed by atoms with Crippen molar-refractivity contribution in [2.75, 3.05) is 19.6 Å². The molecule has 0 unspecified atom stereocenters. The van der Waals surface area contributed by atoms with Crippen LogP contribution >= 0.6 is 11.3 Å². The molecule has 150 valence electrons. The standard InChI is InChI=1S/C21H23N5O2S/c1-3-19(27)25-10-9-24(14-18(25)11-16-7-5-4-6-8-16)20(28)12-17-13-26-21(22-17)29-15(2)23-26/h3-8,13,18H,1,9-12,14H2,2H3/t18-/m0/s1. The van der Waals surface area contributed by atoms with E-state index in [9.17, 15) is 9.59 Å². The van der Waals surface area contributed by atoms with Crippen molar-refractivity contribution in [1.29, 1.82) is 0 Å². The van der Waals surface area contributed by atoms with E-state index in [1.807, 2.05) is 53.3 Å². The molecule has 0 bridgehead atoms. The zero-order chi connectivity index (χ0) is 20.4. The van der Waals surface area contributed by atoms with Crippen LogP contribution in [0.15, 0.2) is 49.2 Å². The maximum atomic E-state index is 12.9. The average Bonchev–Trinajstić information content (AvgIpc) is 3.24. The Morgan fingerprint density at radius 3 is 2.79 bits per heavy atom. The van der Waals surface area contributed by atoms with Crippen LogP contribution in [0.5, 0.6) is 0 Å². The molecule has 0 N–H and O–H groups in total. The van der Waals surface area contributed by atoms with Gasteiger partial charge in [-0.15, -0.1) is 0 Å². The van der Waals surface area contributed by atoms with Crippen molar-refractivity contribution in [1.82, 2.24) is 24.4 Å². The van der Waals surface area contributed by atoms with Crippen LogP contribution < -0.4 is 0 Å². The molecule has 4 rings (SSSR count). The topological polar surface area (TPSA) is 70.8 Å². The molecular formula is C21H23N5O2S. The maximum absolute atomic E-state index is 12.9. The van der Waals surface area contributed by atoms with Gasteiger partial charge in [0.1, 0.15) is 5.01 Å². The highest BCUT2D eigenvalue weighted by molar-refractivity contribution is 7.16. The molecule has 0 spiro atoms. The van der Waals surface area contributed by atoms with Crippen molar-refractivity contribution >= 4 is 28.1 Å². The Balaban J connectivity index is 1.47. The number of amides is 2. The van der Waals surface area contributed by atoms with Gasteiger partial charge in [0.05, 0.1) is 24.4 Å². The highest BCUT2D eigenvalue weighted by atomic mass is 32.1. The van der Waals surface area contributed by atoms with Crippen LogP contribution in [0.25, 0.3) is 4.96 Å². The summed E-state index contributed by atoms with van der Waals surface area (Å²) in [5.41, 5.74) is 1.86. The highest BCUT2D eigenvalue weighted by Crippen LogP contribution is 2.18. The molecule has 1 saturated heterocycles. The predicted molar refractivity (Wildman–Crippen MR) is 112 cm³/mol. The number of hydrogen-bond acceptors (Lipinski definition) is 5. The Bertz CT molecular complexity index is 1010. The molecule has 1 aliphatic rings. The smallest absolute Gasteiger partial charge is 0.246 e. The van der Waals surface area contributed by atoms with Gasteiger partial charge in [0.25, 0.3) is 0 Å². The van der Waals surface area contributed by atoms with Crippen molar-refractivity contribution < 1.29 is 9.59 Å². The summed E-state index contributed by atoms with van der Waals surface area (Å²) in [5.74, 6) is -0.0648. The van der Waals surface area contributed by atoms with Gasteiger partial charge in [0.15, 0.2) is 0 Å². The molecule has 0 aliphatic carbocycles. The SMILES string of the molecule is C=CC(=O)N1CCN(C(=O)Cc2cn3nc(C)sc3n2)C[C@@H]1Cc1ccccc1. The molecule has 0 radical (unpaired) electrons. The van der Waals surface area contributed by atoms with Gasteiger partial charge in [-0.25, -0.2) is 9.50 Å². The predicted octanol–water partition coefficient (Wildman–Crippen LogP) is 2.11. The van der Waals surface area contributed by atoms with E-state index in [-0.39, 0.29) is 24.3 Å². The summed E-state index contributed by atoms with van der Waals surface area (Å²) in [5, 5.41) is 5.29. The molecule has 7 nitrogen and oxygen atoms in total. The summed E-state index contributed by atoms with van der Waals surface area (Å²) >= 11 is 1.51. The second-order valence-electron chi connectivity index (χ2n) is 7.18. The number of carbonyl (C=O) groups is 2. The van der Waals surface area contributed by atoms with E-state index < -0.39 is 0 Å². The van der Waals surface area contributed by atoms with E-state index in [1.165, 1.54) is 17.4 Å². The maximum Gasteiger partial charge on any atom is 0.246 e. The molecule has 3 heterocycles. The van der Waals surface area contributed by atoms with Gasteiger partial charge in [0.2, 0.25) is 16.8 Å². The Morgan fingerprint density at radius 1 is 1.28 bits per heavy atom. The van der Waals surface area contributed by atoms with Gasteiger partial charge in [-0.2, -0.15) is 5.10 Å². The number of piperazine rings is 1. The molecule has 1 aromatic carbocycles. The monoisotopic (exact) mass is 409 g/mol. The number of rotatable bonds is 5. The first-order valence-corrected chi connectivity index (χ1v) is 10.4. The Morgan fingerprint density at radius 2 is 2.07 bits per heavy atom. The van der Waals surface area contributed by atoms with Gasteiger partial charge >= 0.3 is 0 Å². The summed E-state index contributed by atoms with van der Waals surface area (Å²) in [6.45, 7) is 7.08. The lowest BCUT2D eigenvalue weighted by Crippen LogP contribution is -2.57. The average molecular weight is 410 g/mol. The first-order chi connectivity index (χ1) is 14.0. The van der Waals surface area contributed by atoms with Crippen LogP contribution in [0.2, 0.25) is 0 Å². The first kappa shape index (κ1) is 19.3. The van der Waals surface area contributed by atoms with Crippen molar-refractivity contribution in [3.05, 3.63) is 65.4 Å². The van der Waals surface area contributed by atoms with E-state index in [0.717, 1.165) is 21.2 Å². The van der Waals surface area contributed by atoms with Crippen LogP contribution in [-0.2, 0) is 22.4 Å². The summed E-state index contributed by atoms with van der Waals surface area (Å²) in [7, 11) is 0. The molecule has 3 aromatic rings. The minimum absolute atomic E-state index is 0.0243. The van der Waals surface area contributed by atoms with Crippen LogP contribution in [0.3, 0.4) is 0 Å². The lowest BCUT2D eigenvalue weighted by molar-refractivity contribution is -0.139. The highest BCUT2D eigenvalue weighted by Gasteiger charge is 2.31. The van der Waals surface area contributed by atoms with E-state index in [2.05, 4.69) is 16.7 Å². The summed E-state index contributed by atoms with van der Waals surface area (Å²) in [6, 6.07) is 9.96. The Kier molecular flexibility index (Phi) is 5.44. The van der Waals surface area contributed by atoms with Crippen LogP contribution in [0, 0.1) is 6.92 Å². The number of nitrogens with zero attached hydrogens (tertiary/aromatic N) is 5. The van der Waals surface area contributed by atoms with Crippen LogP contribution in [0.4, 0.5) is 0 Å². The van der Waals surface area contributed by atoms with Crippen molar-refractivity contribution in [3.63, 3.8) is 0 Å². The second-order valence-corrected chi connectivity index (χ2v) is 8.34. The number of aryl methyl sites for hydroxylation is 1. The molecule has 29 heavy (non-hydrogen) atoms. The van der Waals surface area contributed by atoms with Gasteiger partial charge in [-0.3, -0.25) is 9.59 Å². The van der Waals surface area contributed by atoms with Gasteiger partial charge in [-0.1, -0.05) is 48.2 Å². The minimum atomic E-state index is -0.0891.